The number of anilines is 1. The lowest BCUT2D eigenvalue weighted by atomic mass is 9.96. The number of hydrogen-bond donors (Lipinski definition) is 1. The van der Waals surface area contributed by atoms with Gasteiger partial charge in [0.1, 0.15) is 0 Å². The maximum Gasteiger partial charge on any atom is 0.254 e. The van der Waals surface area contributed by atoms with Crippen molar-refractivity contribution in [2.45, 2.75) is 58.2 Å². The smallest absolute Gasteiger partial charge is 0.254 e. The van der Waals surface area contributed by atoms with Gasteiger partial charge in [0.25, 0.3) is 5.91 Å². The summed E-state index contributed by atoms with van der Waals surface area (Å²) >= 11 is 0. The van der Waals surface area contributed by atoms with Gasteiger partial charge in [-0.2, -0.15) is 0 Å². The van der Waals surface area contributed by atoms with Crippen molar-refractivity contribution in [3.63, 3.8) is 0 Å². The molecule has 5 heteroatoms. The predicted octanol–water partition coefficient (Wildman–Crippen LogP) is 2.56. The summed E-state index contributed by atoms with van der Waals surface area (Å²) in [5, 5.41) is 0. The molecule has 0 aliphatic carbocycles. The van der Waals surface area contributed by atoms with E-state index in [1.165, 1.54) is 5.69 Å². The molecule has 144 valence electrons. The monoisotopic (exact) mass is 358 g/mol. The average Bonchev–Trinajstić information content (AvgIpc) is 2.67. The molecule has 2 atom stereocenters. The number of piperidine rings is 1. The third-order valence-electron chi connectivity index (χ3n) is 5.94. The molecule has 2 saturated heterocycles. The molecule has 1 amide bonds. The molecule has 2 heterocycles. The molecule has 2 N–H and O–H groups in total. The molecule has 1 aromatic carbocycles. The summed E-state index contributed by atoms with van der Waals surface area (Å²) in [6.07, 6.45) is 3.26. The lowest BCUT2D eigenvalue weighted by Gasteiger charge is -2.39. The Balaban J connectivity index is 1.65. The molecule has 0 saturated carbocycles. The highest BCUT2D eigenvalue weighted by Crippen LogP contribution is 2.23. The van der Waals surface area contributed by atoms with Crippen molar-refractivity contribution in [3.05, 3.63) is 29.8 Å². The van der Waals surface area contributed by atoms with Crippen LogP contribution in [0.4, 0.5) is 5.69 Å². The molecule has 0 radical (unpaired) electrons. The third-order valence-corrected chi connectivity index (χ3v) is 5.94. The zero-order chi connectivity index (χ0) is 18.7. The Hall–Kier alpha value is -1.59. The molecule has 5 nitrogen and oxygen atoms in total. The first-order valence-corrected chi connectivity index (χ1v) is 10.1. The number of nitrogens with two attached hydrogens (primary N) is 1. The molecule has 2 unspecified atom stereocenters. The fourth-order valence-electron chi connectivity index (χ4n) is 4.23. The van der Waals surface area contributed by atoms with Gasteiger partial charge in [-0.25, -0.2) is 0 Å². The van der Waals surface area contributed by atoms with Crippen molar-refractivity contribution >= 4 is 11.6 Å². The van der Waals surface area contributed by atoms with E-state index < -0.39 is 0 Å². The zero-order valence-corrected chi connectivity index (χ0v) is 16.5. The van der Waals surface area contributed by atoms with Crippen LogP contribution in [0.2, 0.25) is 0 Å². The molecule has 0 spiro atoms. The first-order chi connectivity index (χ1) is 12.5. The number of benzene rings is 1. The summed E-state index contributed by atoms with van der Waals surface area (Å²) in [5.41, 5.74) is 8.12. The predicted molar refractivity (Wildman–Crippen MR) is 108 cm³/mol. The quantitative estimate of drug-likeness (QED) is 0.899. The lowest BCUT2D eigenvalue weighted by molar-refractivity contribution is 0.0584. The van der Waals surface area contributed by atoms with Crippen molar-refractivity contribution in [2.75, 3.05) is 37.6 Å². The second-order valence-electron chi connectivity index (χ2n) is 8.08. The van der Waals surface area contributed by atoms with E-state index in [9.17, 15) is 4.79 Å². The molecule has 1 aromatic rings. The van der Waals surface area contributed by atoms with Gasteiger partial charge in [0, 0.05) is 62.1 Å². The second-order valence-corrected chi connectivity index (χ2v) is 8.08. The van der Waals surface area contributed by atoms with E-state index in [0.717, 1.165) is 57.5 Å². The number of nitrogens with zero attached hydrogens (tertiary/aromatic N) is 3. The van der Waals surface area contributed by atoms with Gasteiger partial charge in [0.2, 0.25) is 0 Å². The van der Waals surface area contributed by atoms with Gasteiger partial charge in [0.15, 0.2) is 0 Å². The van der Waals surface area contributed by atoms with E-state index in [1.807, 2.05) is 24.0 Å². The summed E-state index contributed by atoms with van der Waals surface area (Å²) in [6.45, 7) is 11.6. The van der Waals surface area contributed by atoms with Gasteiger partial charge in [-0.1, -0.05) is 0 Å². The highest BCUT2D eigenvalue weighted by atomic mass is 16.2. The summed E-state index contributed by atoms with van der Waals surface area (Å²) in [4.78, 5) is 19.9. The minimum absolute atomic E-state index is 0.0239. The van der Waals surface area contributed by atoms with Crippen LogP contribution in [0.1, 0.15) is 50.4 Å². The van der Waals surface area contributed by atoms with Crippen molar-refractivity contribution in [1.29, 1.82) is 0 Å². The number of hydrogen-bond acceptors (Lipinski definition) is 4. The maximum atomic E-state index is 13.0. The van der Waals surface area contributed by atoms with Crippen LogP contribution < -0.4 is 10.6 Å². The number of carbonyl (C=O) groups is 1. The molecule has 2 aliphatic rings. The maximum absolute atomic E-state index is 13.0. The third kappa shape index (κ3) is 4.21. The molecule has 2 aliphatic heterocycles. The summed E-state index contributed by atoms with van der Waals surface area (Å²) in [6, 6.07) is 8.97. The van der Waals surface area contributed by atoms with Crippen LogP contribution in [0.5, 0.6) is 0 Å². The van der Waals surface area contributed by atoms with E-state index in [-0.39, 0.29) is 18.0 Å². The molecule has 2 fully saturated rings. The minimum atomic E-state index is 0.0239. The Morgan fingerprint density at radius 3 is 2.23 bits per heavy atom. The van der Waals surface area contributed by atoms with Gasteiger partial charge in [-0.05, 0) is 64.3 Å². The number of rotatable bonds is 4. The Labute approximate surface area is 158 Å². The van der Waals surface area contributed by atoms with Crippen LogP contribution in [-0.2, 0) is 0 Å². The highest BCUT2D eigenvalue weighted by Gasteiger charge is 2.30. The molecule has 0 aromatic heterocycles. The Morgan fingerprint density at radius 1 is 1.00 bits per heavy atom. The van der Waals surface area contributed by atoms with E-state index in [0.29, 0.717) is 6.04 Å². The van der Waals surface area contributed by atoms with Gasteiger partial charge in [-0.3, -0.25) is 9.69 Å². The molecular weight excluding hydrogens is 324 g/mol. The average molecular weight is 359 g/mol. The molecule has 0 bridgehead atoms. The largest absolute Gasteiger partial charge is 0.369 e. The fourth-order valence-corrected chi connectivity index (χ4v) is 4.23. The van der Waals surface area contributed by atoms with Crippen LogP contribution in [-0.4, -0.2) is 66.6 Å². The number of likely N-dealkylation sites (tertiary alicyclic amines) is 1. The van der Waals surface area contributed by atoms with E-state index >= 15 is 0 Å². The lowest BCUT2D eigenvalue weighted by Crippen LogP contribution is -2.51. The normalized spacial score (nSPS) is 23.3. The summed E-state index contributed by atoms with van der Waals surface area (Å²) in [7, 11) is 0. The van der Waals surface area contributed by atoms with Crippen LogP contribution in [0.25, 0.3) is 0 Å². The number of amides is 1. The van der Waals surface area contributed by atoms with E-state index in [4.69, 9.17) is 5.73 Å². The van der Waals surface area contributed by atoms with Gasteiger partial charge in [-0.15, -0.1) is 0 Å². The summed E-state index contributed by atoms with van der Waals surface area (Å²) in [5.74, 6) is 0.128. The standard InChI is InChI=1S/C21H34N4O/c1-16(2)23-12-14-24(15-13-23)19-9-7-18(8-10-19)21(26)25-11-5-4-6-20(25)17(3)22/h7-10,16-17,20H,4-6,11-15,22H2,1-3H3. The van der Waals surface area contributed by atoms with Crippen LogP contribution in [0.15, 0.2) is 24.3 Å². The Bertz CT molecular complexity index is 591. The molecule has 3 rings (SSSR count). The van der Waals surface area contributed by atoms with Gasteiger partial charge >= 0.3 is 0 Å². The number of piperazine rings is 1. The van der Waals surface area contributed by atoms with Crippen LogP contribution >= 0.6 is 0 Å². The van der Waals surface area contributed by atoms with Crippen molar-refractivity contribution in [3.8, 4) is 0 Å². The highest BCUT2D eigenvalue weighted by molar-refractivity contribution is 5.95. The van der Waals surface area contributed by atoms with Crippen LogP contribution in [0.3, 0.4) is 0 Å². The summed E-state index contributed by atoms with van der Waals surface area (Å²) < 4.78 is 0. The second kappa shape index (κ2) is 8.40. The van der Waals surface area contributed by atoms with Gasteiger partial charge < -0.3 is 15.5 Å². The Kier molecular flexibility index (Phi) is 6.20. The van der Waals surface area contributed by atoms with Gasteiger partial charge in [0.05, 0.1) is 0 Å². The first kappa shape index (κ1) is 19.2. The van der Waals surface area contributed by atoms with Crippen molar-refractivity contribution in [2.24, 2.45) is 5.73 Å². The fraction of sp³-hybridized carbons (Fsp3) is 0.667. The van der Waals surface area contributed by atoms with E-state index in [2.05, 4.69) is 35.8 Å². The topological polar surface area (TPSA) is 52.8 Å². The van der Waals surface area contributed by atoms with Crippen LogP contribution in [0, 0.1) is 0 Å². The van der Waals surface area contributed by atoms with Crippen molar-refractivity contribution in [1.82, 2.24) is 9.80 Å². The Morgan fingerprint density at radius 2 is 1.65 bits per heavy atom. The minimum Gasteiger partial charge on any atom is -0.369 e. The zero-order valence-electron chi connectivity index (χ0n) is 16.5. The number of carbonyl (C=O) groups excluding carboxylic acids is 1. The SMILES string of the molecule is CC(N)C1CCCCN1C(=O)c1ccc(N2CCN(C(C)C)CC2)cc1. The first-order valence-electron chi connectivity index (χ1n) is 10.1. The molecule has 26 heavy (non-hydrogen) atoms. The molecular formula is C21H34N4O. The van der Waals surface area contributed by atoms with Crippen molar-refractivity contribution < 1.29 is 4.79 Å². The van der Waals surface area contributed by atoms with E-state index in [1.54, 1.807) is 0 Å².